The predicted molar refractivity (Wildman–Crippen MR) is 152 cm³/mol. The van der Waals surface area contributed by atoms with E-state index in [1.807, 2.05) is 36.4 Å². The molecule has 8 heteroatoms. The number of amides is 2. The minimum Gasteiger partial charge on any atom is -0.493 e. The Morgan fingerprint density at radius 3 is 2.59 bits per heavy atom. The van der Waals surface area contributed by atoms with Gasteiger partial charge in [-0.05, 0) is 85.5 Å². The fourth-order valence-corrected chi connectivity index (χ4v) is 5.76. The third kappa shape index (κ3) is 5.54. The summed E-state index contributed by atoms with van der Waals surface area (Å²) >= 11 is 10.5. The van der Waals surface area contributed by atoms with E-state index in [1.54, 1.807) is 37.5 Å². The van der Waals surface area contributed by atoms with Gasteiger partial charge in [0, 0.05) is 5.02 Å². The zero-order chi connectivity index (χ0) is 25.9. The minimum absolute atomic E-state index is 0.163. The van der Waals surface area contributed by atoms with Crippen molar-refractivity contribution in [3.63, 3.8) is 0 Å². The SMILES string of the molecule is COc1cc(/C=C2\SC(=O)N(Cc3cccc(Cl)c3)C2=O)cc(Br)c1OCc1cccc2ccccc12. The quantitative estimate of drug-likeness (QED) is 0.203. The molecular weight excluding hydrogens is 574 g/mol. The normalized spacial score (nSPS) is 14.6. The molecule has 2 amide bonds. The van der Waals surface area contributed by atoms with Crippen LogP contribution in [0.15, 0.2) is 88.2 Å². The second kappa shape index (κ2) is 11.0. The van der Waals surface area contributed by atoms with Crippen molar-refractivity contribution in [3.05, 3.63) is 110 Å². The molecule has 1 aliphatic heterocycles. The molecule has 1 fully saturated rings. The molecule has 1 saturated heterocycles. The zero-order valence-electron chi connectivity index (χ0n) is 19.7. The maximum Gasteiger partial charge on any atom is 0.293 e. The highest BCUT2D eigenvalue weighted by Crippen LogP contribution is 2.40. The molecule has 0 bridgehead atoms. The van der Waals surface area contributed by atoms with E-state index < -0.39 is 0 Å². The summed E-state index contributed by atoms with van der Waals surface area (Å²) in [5.74, 6) is 0.724. The molecule has 4 aromatic rings. The van der Waals surface area contributed by atoms with Crippen LogP contribution in [0.1, 0.15) is 16.7 Å². The number of benzene rings is 4. The van der Waals surface area contributed by atoms with Crippen LogP contribution in [-0.4, -0.2) is 23.2 Å². The van der Waals surface area contributed by atoms with Gasteiger partial charge in [-0.1, -0.05) is 66.2 Å². The highest BCUT2D eigenvalue weighted by molar-refractivity contribution is 9.10. The van der Waals surface area contributed by atoms with Crippen molar-refractivity contribution in [2.75, 3.05) is 7.11 Å². The van der Waals surface area contributed by atoms with Crippen molar-refractivity contribution < 1.29 is 19.1 Å². The second-order valence-corrected chi connectivity index (χ2v) is 10.6. The van der Waals surface area contributed by atoms with Crippen LogP contribution in [0.3, 0.4) is 0 Å². The van der Waals surface area contributed by atoms with Crippen LogP contribution < -0.4 is 9.47 Å². The Hall–Kier alpha value is -3.26. The highest BCUT2D eigenvalue weighted by Gasteiger charge is 2.35. The Morgan fingerprint density at radius 2 is 1.78 bits per heavy atom. The van der Waals surface area contributed by atoms with Gasteiger partial charge in [-0.3, -0.25) is 14.5 Å². The fraction of sp³-hybridized carbons (Fsp3) is 0.103. The summed E-state index contributed by atoms with van der Waals surface area (Å²) in [7, 11) is 1.56. The lowest BCUT2D eigenvalue weighted by Crippen LogP contribution is -2.27. The summed E-state index contributed by atoms with van der Waals surface area (Å²) in [6.45, 7) is 0.522. The van der Waals surface area contributed by atoms with Gasteiger partial charge in [0.1, 0.15) is 6.61 Å². The molecule has 5 nitrogen and oxygen atoms in total. The van der Waals surface area contributed by atoms with Crippen LogP contribution >= 0.6 is 39.3 Å². The van der Waals surface area contributed by atoms with Crippen LogP contribution in [0.4, 0.5) is 4.79 Å². The van der Waals surface area contributed by atoms with Crippen molar-refractivity contribution in [1.29, 1.82) is 0 Å². The van der Waals surface area contributed by atoms with Gasteiger partial charge in [0.15, 0.2) is 11.5 Å². The molecule has 0 N–H and O–H groups in total. The third-order valence-electron chi connectivity index (χ3n) is 5.90. The van der Waals surface area contributed by atoms with E-state index in [0.717, 1.165) is 33.7 Å². The molecule has 1 aliphatic rings. The number of rotatable bonds is 7. The molecular formula is C29H21BrClNO4S. The van der Waals surface area contributed by atoms with E-state index >= 15 is 0 Å². The van der Waals surface area contributed by atoms with Crippen LogP contribution in [0.2, 0.25) is 5.02 Å². The number of carbonyl (C=O) groups is 2. The maximum atomic E-state index is 13.0. The molecule has 5 rings (SSSR count). The standard InChI is InChI=1S/C29H21BrClNO4S/c1-35-25-14-19(15-26-28(33)32(29(34)37-26)16-18-6-4-10-22(31)12-18)13-24(30)27(25)36-17-21-9-5-8-20-7-2-3-11-23(20)21/h2-15H,16-17H2,1H3/b26-15-. The molecule has 0 radical (unpaired) electrons. The second-order valence-electron chi connectivity index (χ2n) is 8.36. The molecule has 0 spiro atoms. The molecule has 4 aromatic carbocycles. The summed E-state index contributed by atoms with van der Waals surface area (Å²) < 4.78 is 12.4. The lowest BCUT2D eigenvalue weighted by atomic mass is 10.1. The van der Waals surface area contributed by atoms with Gasteiger partial charge in [0.25, 0.3) is 11.1 Å². The number of hydrogen-bond acceptors (Lipinski definition) is 5. The summed E-state index contributed by atoms with van der Waals surface area (Å²) in [6, 6.07) is 25.0. The Kier molecular flexibility index (Phi) is 7.55. The van der Waals surface area contributed by atoms with E-state index in [0.29, 0.717) is 38.1 Å². The number of hydrogen-bond donors (Lipinski definition) is 0. The van der Waals surface area contributed by atoms with E-state index in [9.17, 15) is 9.59 Å². The fourth-order valence-electron chi connectivity index (χ4n) is 4.14. The van der Waals surface area contributed by atoms with Gasteiger partial charge in [0.05, 0.1) is 23.0 Å². The number of methoxy groups -OCH3 is 1. The Labute approximate surface area is 232 Å². The third-order valence-corrected chi connectivity index (χ3v) is 7.64. The molecule has 186 valence electrons. The zero-order valence-corrected chi connectivity index (χ0v) is 22.9. The molecule has 0 atom stereocenters. The van der Waals surface area contributed by atoms with Crippen molar-refractivity contribution in [1.82, 2.24) is 4.90 Å². The highest BCUT2D eigenvalue weighted by atomic mass is 79.9. The van der Waals surface area contributed by atoms with E-state index in [-0.39, 0.29) is 17.7 Å². The largest absolute Gasteiger partial charge is 0.493 e. The van der Waals surface area contributed by atoms with E-state index in [4.69, 9.17) is 21.1 Å². The number of fused-ring (bicyclic) bond motifs is 1. The van der Waals surface area contributed by atoms with Gasteiger partial charge in [-0.2, -0.15) is 0 Å². The summed E-state index contributed by atoms with van der Waals surface area (Å²) in [6.07, 6.45) is 1.69. The molecule has 1 heterocycles. The lowest BCUT2D eigenvalue weighted by molar-refractivity contribution is -0.123. The average molecular weight is 595 g/mol. The van der Waals surface area contributed by atoms with Crippen molar-refractivity contribution >= 4 is 67.3 Å². The summed E-state index contributed by atoms with van der Waals surface area (Å²) in [4.78, 5) is 27.1. The summed E-state index contributed by atoms with van der Waals surface area (Å²) in [5.41, 5.74) is 2.55. The Bertz CT molecular complexity index is 1550. The Morgan fingerprint density at radius 1 is 1.00 bits per heavy atom. The first-order valence-corrected chi connectivity index (χ1v) is 13.4. The summed E-state index contributed by atoms with van der Waals surface area (Å²) in [5, 5.41) is 2.51. The van der Waals surface area contributed by atoms with Crippen molar-refractivity contribution in [3.8, 4) is 11.5 Å². The number of nitrogens with zero attached hydrogens (tertiary/aromatic N) is 1. The maximum absolute atomic E-state index is 13.0. The first-order chi connectivity index (χ1) is 17.9. The van der Waals surface area contributed by atoms with E-state index in [2.05, 4.69) is 34.1 Å². The van der Waals surface area contributed by atoms with Gasteiger partial charge in [0.2, 0.25) is 0 Å². The number of carbonyl (C=O) groups excluding carboxylic acids is 2. The van der Waals surface area contributed by atoms with Crippen LogP contribution in [0, 0.1) is 0 Å². The molecule has 0 aliphatic carbocycles. The van der Waals surface area contributed by atoms with Crippen LogP contribution in [-0.2, 0) is 17.9 Å². The molecule has 0 saturated carbocycles. The number of ether oxygens (including phenoxy) is 2. The smallest absolute Gasteiger partial charge is 0.293 e. The predicted octanol–water partition coefficient (Wildman–Crippen LogP) is 8.08. The monoisotopic (exact) mass is 593 g/mol. The van der Waals surface area contributed by atoms with E-state index in [1.165, 1.54) is 4.90 Å². The number of halogens is 2. The molecule has 0 aromatic heterocycles. The average Bonchev–Trinajstić information content (AvgIpc) is 3.15. The Balaban J connectivity index is 1.36. The lowest BCUT2D eigenvalue weighted by Gasteiger charge is -2.15. The van der Waals surface area contributed by atoms with Crippen molar-refractivity contribution in [2.45, 2.75) is 13.2 Å². The topological polar surface area (TPSA) is 55.8 Å². The van der Waals surface area contributed by atoms with Crippen LogP contribution in [0.5, 0.6) is 11.5 Å². The van der Waals surface area contributed by atoms with Gasteiger partial charge < -0.3 is 9.47 Å². The van der Waals surface area contributed by atoms with Gasteiger partial charge >= 0.3 is 0 Å². The molecule has 37 heavy (non-hydrogen) atoms. The minimum atomic E-state index is -0.346. The number of thioether (sulfide) groups is 1. The van der Waals surface area contributed by atoms with Crippen molar-refractivity contribution in [2.24, 2.45) is 0 Å². The first kappa shape index (κ1) is 25.4. The van der Waals surface area contributed by atoms with Crippen LogP contribution in [0.25, 0.3) is 16.8 Å². The van der Waals surface area contributed by atoms with Gasteiger partial charge in [-0.25, -0.2) is 0 Å². The molecule has 0 unspecified atom stereocenters. The first-order valence-electron chi connectivity index (χ1n) is 11.4. The number of imide groups is 1. The van der Waals surface area contributed by atoms with Gasteiger partial charge in [-0.15, -0.1) is 0 Å².